The van der Waals surface area contributed by atoms with Crippen molar-refractivity contribution in [1.29, 1.82) is 0 Å². The first-order valence-electron chi connectivity index (χ1n) is 8.09. The number of aliphatic carboxylic acids is 1. The van der Waals surface area contributed by atoms with Gasteiger partial charge in [-0.05, 0) is 62.7 Å². The van der Waals surface area contributed by atoms with E-state index in [-0.39, 0.29) is 5.04 Å². The van der Waals surface area contributed by atoms with Gasteiger partial charge < -0.3 is 9.53 Å². The van der Waals surface area contributed by atoms with Gasteiger partial charge in [-0.15, -0.1) is 0 Å². The van der Waals surface area contributed by atoms with Gasteiger partial charge in [0.05, 0.1) is 11.0 Å². The number of carboxylic acids is 1. The van der Waals surface area contributed by atoms with E-state index in [1.165, 1.54) is 12.0 Å². The van der Waals surface area contributed by atoms with Gasteiger partial charge in [-0.3, -0.25) is 4.79 Å². The molecule has 0 bridgehead atoms. The average molecular weight is 311 g/mol. The summed E-state index contributed by atoms with van der Waals surface area (Å²) >= 11 is 0. The molecule has 0 saturated heterocycles. The van der Waals surface area contributed by atoms with Crippen LogP contribution in [0.4, 0.5) is 0 Å². The van der Waals surface area contributed by atoms with Gasteiger partial charge in [0.15, 0.2) is 8.32 Å². The zero-order valence-corrected chi connectivity index (χ0v) is 15.4. The number of rotatable bonds is 4. The molecule has 3 nitrogen and oxygen atoms in total. The minimum absolute atomic E-state index is 0.0945. The fourth-order valence-corrected chi connectivity index (χ4v) is 4.78. The van der Waals surface area contributed by atoms with Crippen LogP contribution in [0.25, 0.3) is 0 Å². The van der Waals surface area contributed by atoms with E-state index in [1.54, 1.807) is 0 Å². The Kier molecular flexibility index (Phi) is 3.95. The third-order valence-electron chi connectivity index (χ3n) is 5.89. The SMILES string of the molecule is CC(C)(C)[Si](C)(C)O[C@@]1(C2=CCCCC2)C[C@]1(C)C(=O)O. The Hall–Kier alpha value is -0.613. The van der Waals surface area contributed by atoms with E-state index < -0.39 is 25.3 Å². The van der Waals surface area contributed by atoms with E-state index in [0.717, 1.165) is 19.3 Å². The Morgan fingerprint density at radius 2 is 1.95 bits per heavy atom. The van der Waals surface area contributed by atoms with Crippen molar-refractivity contribution in [2.75, 3.05) is 0 Å². The van der Waals surface area contributed by atoms with Crippen LogP contribution >= 0.6 is 0 Å². The largest absolute Gasteiger partial charge is 0.481 e. The maximum Gasteiger partial charge on any atom is 0.312 e. The maximum absolute atomic E-state index is 11.8. The van der Waals surface area contributed by atoms with E-state index in [0.29, 0.717) is 6.42 Å². The lowest BCUT2D eigenvalue weighted by Crippen LogP contribution is -2.48. The predicted octanol–water partition coefficient (Wildman–Crippen LogP) is 4.74. The summed E-state index contributed by atoms with van der Waals surface area (Å²) in [5.41, 5.74) is -0.0306. The van der Waals surface area contributed by atoms with Crippen molar-refractivity contribution in [1.82, 2.24) is 0 Å². The fourth-order valence-electron chi connectivity index (χ4n) is 3.18. The molecule has 1 fully saturated rings. The standard InChI is InChI=1S/C17H30O3Si/c1-15(2,3)21(5,6)20-17(12-16(17,4)14(18)19)13-10-8-7-9-11-13/h10H,7-9,11-12H2,1-6H3,(H,18,19)/t16-,17-/m1/s1. The molecule has 4 heteroatoms. The number of hydrogen-bond acceptors (Lipinski definition) is 2. The van der Waals surface area contributed by atoms with Crippen molar-refractivity contribution in [3.8, 4) is 0 Å². The highest BCUT2D eigenvalue weighted by Gasteiger charge is 2.73. The molecule has 0 aromatic carbocycles. The Morgan fingerprint density at radius 1 is 1.33 bits per heavy atom. The zero-order chi connectivity index (χ0) is 16.1. The molecule has 0 aromatic heterocycles. The quantitative estimate of drug-likeness (QED) is 0.602. The third kappa shape index (κ3) is 2.61. The highest BCUT2D eigenvalue weighted by atomic mass is 28.4. The van der Waals surface area contributed by atoms with E-state index in [1.807, 2.05) is 6.92 Å². The topological polar surface area (TPSA) is 46.5 Å². The van der Waals surface area contributed by atoms with Crippen LogP contribution in [-0.2, 0) is 9.22 Å². The van der Waals surface area contributed by atoms with E-state index in [9.17, 15) is 9.90 Å². The normalized spacial score (nSPS) is 33.5. The molecule has 0 spiro atoms. The highest BCUT2D eigenvalue weighted by molar-refractivity contribution is 6.74. The van der Waals surface area contributed by atoms with Crippen LogP contribution in [-0.4, -0.2) is 25.0 Å². The first-order valence-corrected chi connectivity index (χ1v) is 11.0. The number of allylic oxidation sites excluding steroid dienone is 1. The van der Waals surface area contributed by atoms with Crippen molar-refractivity contribution in [3.63, 3.8) is 0 Å². The molecular weight excluding hydrogens is 280 g/mol. The van der Waals surface area contributed by atoms with Crippen LogP contribution < -0.4 is 0 Å². The Balaban J connectivity index is 2.37. The lowest BCUT2D eigenvalue weighted by molar-refractivity contribution is -0.144. The Bertz CT molecular complexity index is 475. The minimum atomic E-state index is -2.00. The summed E-state index contributed by atoms with van der Waals surface area (Å²) in [5, 5.41) is 9.78. The second kappa shape index (κ2) is 4.95. The Morgan fingerprint density at radius 3 is 2.33 bits per heavy atom. The molecule has 2 rings (SSSR count). The van der Waals surface area contributed by atoms with Crippen LogP contribution in [0.5, 0.6) is 0 Å². The lowest BCUT2D eigenvalue weighted by Gasteiger charge is -2.42. The summed E-state index contributed by atoms with van der Waals surface area (Å²) in [5.74, 6) is -0.715. The van der Waals surface area contributed by atoms with Crippen molar-refractivity contribution < 1.29 is 14.3 Å². The van der Waals surface area contributed by atoms with Crippen molar-refractivity contribution in [2.24, 2.45) is 5.41 Å². The molecule has 120 valence electrons. The first-order chi connectivity index (χ1) is 9.46. The molecule has 2 aliphatic carbocycles. The van der Waals surface area contributed by atoms with Gasteiger partial charge >= 0.3 is 5.97 Å². The summed E-state index contributed by atoms with van der Waals surface area (Å²) in [6.45, 7) is 12.9. The Labute approximate surface area is 129 Å². The molecule has 0 aromatic rings. The summed E-state index contributed by atoms with van der Waals surface area (Å²) in [6.07, 6.45) is 7.32. The molecule has 2 atom stereocenters. The van der Waals surface area contributed by atoms with Crippen LogP contribution in [0.1, 0.15) is 59.8 Å². The monoisotopic (exact) mass is 310 g/mol. The number of hydrogen-bond donors (Lipinski definition) is 1. The molecule has 0 amide bonds. The predicted molar refractivity (Wildman–Crippen MR) is 87.9 cm³/mol. The van der Waals surface area contributed by atoms with Crippen molar-refractivity contribution >= 4 is 14.3 Å². The van der Waals surface area contributed by atoms with Gasteiger partial charge in [-0.1, -0.05) is 26.8 Å². The molecule has 0 heterocycles. The van der Waals surface area contributed by atoms with Gasteiger partial charge in [0.25, 0.3) is 0 Å². The van der Waals surface area contributed by atoms with Gasteiger partial charge in [0.1, 0.15) is 0 Å². The molecular formula is C17H30O3Si. The average Bonchev–Trinajstić information content (AvgIpc) is 2.96. The molecule has 2 aliphatic rings. The molecule has 0 radical (unpaired) electrons. The lowest BCUT2D eigenvalue weighted by atomic mass is 9.89. The highest BCUT2D eigenvalue weighted by Crippen LogP contribution is 2.66. The molecule has 0 unspecified atom stereocenters. The van der Waals surface area contributed by atoms with Crippen LogP contribution in [0.15, 0.2) is 11.6 Å². The van der Waals surface area contributed by atoms with Crippen molar-refractivity contribution in [2.45, 2.75) is 83.5 Å². The van der Waals surface area contributed by atoms with Crippen LogP contribution in [0.2, 0.25) is 18.1 Å². The molecule has 0 aliphatic heterocycles. The van der Waals surface area contributed by atoms with Gasteiger partial charge in [0.2, 0.25) is 0 Å². The number of carboxylic acid groups (broad SMARTS) is 1. The second-order valence-corrected chi connectivity index (χ2v) is 13.2. The smallest absolute Gasteiger partial charge is 0.312 e. The van der Waals surface area contributed by atoms with Crippen LogP contribution in [0.3, 0.4) is 0 Å². The van der Waals surface area contributed by atoms with Crippen molar-refractivity contribution in [3.05, 3.63) is 11.6 Å². The first kappa shape index (κ1) is 16.8. The van der Waals surface area contributed by atoms with Gasteiger partial charge in [-0.25, -0.2) is 0 Å². The minimum Gasteiger partial charge on any atom is -0.481 e. The summed E-state index contributed by atoms with van der Waals surface area (Å²) in [4.78, 5) is 11.8. The summed E-state index contributed by atoms with van der Waals surface area (Å²) in [6, 6.07) is 0. The fraction of sp³-hybridized carbons (Fsp3) is 0.824. The van der Waals surface area contributed by atoms with E-state index >= 15 is 0 Å². The van der Waals surface area contributed by atoms with Gasteiger partial charge in [0, 0.05) is 0 Å². The maximum atomic E-state index is 11.8. The van der Waals surface area contributed by atoms with Gasteiger partial charge in [-0.2, -0.15) is 0 Å². The summed E-state index contributed by atoms with van der Waals surface area (Å²) in [7, 11) is -2.00. The van der Waals surface area contributed by atoms with E-state index in [4.69, 9.17) is 4.43 Å². The second-order valence-electron chi connectivity index (χ2n) is 8.48. The molecule has 1 N–H and O–H groups in total. The third-order valence-corrected chi connectivity index (χ3v) is 10.4. The number of carbonyl (C=O) groups is 1. The van der Waals surface area contributed by atoms with Crippen LogP contribution in [0, 0.1) is 5.41 Å². The zero-order valence-electron chi connectivity index (χ0n) is 14.4. The molecule has 21 heavy (non-hydrogen) atoms. The molecule has 1 saturated carbocycles. The summed E-state index contributed by atoms with van der Waals surface area (Å²) < 4.78 is 6.71. The van der Waals surface area contributed by atoms with E-state index in [2.05, 4.69) is 39.9 Å².